The first-order valence-corrected chi connectivity index (χ1v) is 8.23. The van der Waals surface area contributed by atoms with Gasteiger partial charge in [-0.05, 0) is 42.4 Å². The average molecular weight is 372 g/mol. The number of benzene rings is 1. The third-order valence-electron chi connectivity index (χ3n) is 3.75. The first-order chi connectivity index (χ1) is 12.5. The first-order valence-electron chi connectivity index (χ1n) is 7.82. The van der Waals surface area contributed by atoms with Gasteiger partial charge in [-0.3, -0.25) is 19.8 Å². The molecule has 2 rings (SSSR count). The molecule has 6 nitrogen and oxygen atoms in total. The molecule has 0 aliphatic carbocycles. The second-order valence-electron chi connectivity index (χ2n) is 5.43. The zero-order valence-corrected chi connectivity index (χ0v) is 15.5. The molecule has 1 aliphatic heterocycles. The van der Waals surface area contributed by atoms with Gasteiger partial charge in [0, 0.05) is 12.1 Å². The molecule has 0 spiro atoms. The van der Waals surface area contributed by atoms with E-state index in [9.17, 15) is 9.59 Å². The topological polar surface area (TPSA) is 67.9 Å². The summed E-state index contributed by atoms with van der Waals surface area (Å²) in [5.74, 6) is 0.0725. The van der Waals surface area contributed by atoms with Crippen molar-refractivity contribution < 1.29 is 19.1 Å². The van der Waals surface area contributed by atoms with E-state index >= 15 is 0 Å². The summed E-state index contributed by atoms with van der Waals surface area (Å²) >= 11 is 5.04. The van der Waals surface area contributed by atoms with Crippen molar-refractivity contribution in [3.63, 3.8) is 0 Å². The molecule has 0 bridgehead atoms. The first kappa shape index (κ1) is 19.4. The van der Waals surface area contributed by atoms with Crippen molar-refractivity contribution in [2.24, 2.45) is 0 Å². The minimum atomic E-state index is -0.541. The predicted molar refractivity (Wildman–Crippen MR) is 104 cm³/mol. The zero-order chi connectivity index (χ0) is 19.3. The molecule has 1 N–H and O–H groups in total. The van der Waals surface area contributed by atoms with Gasteiger partial charge in [0.1, 0.15) is 5.57 Å². The van der Waals surface area contributed by atoms with Crippen LogP contribution < -0.4 is 14.8 Å². The quantitative estimate of drug-likeness (QED) is 0.344. The maximum Gasteiger partial charge on any atom is 0.265 e. The molecule has 7 heteroatoms. The molecule has 0 unspecified atom stereocenters. The van der Waals surface area contributed by atoms with Crippen LogP contribution in [-0.4, -0.2) is 42.6 Å². The Morgan fingerprint density at radius 3 is 2.50 bits per heavy atom. The van der Waals surface area contributed by atoms with E-state index in [0.29, 0.717) is 23.5 Å². The summed E-state index contributed by atoms with van der Waals surface area (Å²) in [5.41, 5.74) is 1.44. The van der Waals surface area contributed by atoms with Gasteiger partial charge in [-0.1, -0.05) is 12.2 Å². The molecule has 0 radical (unpaired) electrons. The Balaban J connectivity index is 2.53. The number of nitrogens with zero attached hydrogens (tertiary/aromatic N) is 1. The SMILES string of the molecule is C=CCc1cc(/C=C2\C(=O)NC(=S)N(CC=C)C2=O)cc(OC)c1OC. The van der Waals surface area contributed by atoms with Crippen LogP contribution in [0.15, 0.2) is 43.0 Å². The number of methoxy groups -OCH3 is 2. The number of amides is 2. The van der Waals surface area contributed by atoms with Gasteiger partial charge in [-0.15, -0.1) is 13.2 Å². The van der Waals surface area contributed by atoms with Crippen molar-refractivity contribution in [3.05, 3.63) is 54.1 Å². The van der Waals surface area contributed by atoms with Gasteiger partial charge in [-0.25, -0.2) is 0 Å². The Hall–Kier alpha value is -2.93. The third-order valence-corrected chi connectivity index (χ3v) is 4.07. The van der Waals surface area contributed by atoms with Crippen LogP contribution in [0.1, 0.15) is 11.1 Å². The number of ether oxygens (including phenoxy) is 2. The number of hydrogen-bond acceptors (Lipinski definition) is 5. The number of rotatable bonds is 7. The Morgan fingerprint density at radius 1 is 1.19 bits per heavy atom. The van der Waals surface area contributed by atoms with E-state index in [2.05, 4.69) is 18.5 Å². The Bertz CT molecular complexity index is 814. The number of carbonyl (C=O) groups excluding carboxylic acids is 2. The summed E-state index contributed by atoms with van der Waals surface area (Å²) in [6.07, 6.45) is 5.32. The van der Waals surface area contributed by atoms with E-state index < -0.39 is 11.8 Å². The number of thiocarbonyl (C=S) groups is 1. The van der Waals surface area contributed by atoms with Crippen LogP contribution in [0.5, 0.6) is 11.5 Å². The van der Waals surface area contributed by atoms with Crippen LogP contribution in [0.4, 0.5) is 0 Å². The lowest BCUT2D eigenvalue weighted by molar-refractivity contribution is -0.128. The van der Waals surface area contributed by atoms with E-state index in [1.54, 1.807) is 19.3 Å². The fourth-order valence-corrected chi connectivity index (χ4v) is 2.86. The van der Waals surface area contributed by atoms with Gasteiger partial charge in [0.2, 0.25) is 0 Å². The molecule has 1 aromatic rings. The highest BCUT2D eigenvalue weighted by Crippen LogP contribution is 2.34. The molecular weight excluding hydrogens is 352 g/mol. The molecule has 0 saturated carbocycles. The molecule has 0 aromatic heterocycles. The van der Waals surface area contributed by atoms with Crippen molar-refractivity contribution >= 4 is 35.2 Å². The highest BCUT2D eigenvalue weighted by Gasteiger charge is 2.32. The third kappa shape index (κ3) is 3.83. The highest BCUT2D eigenvalue weighted by molar-refractivity contribution is 7.80. The molecule has 1 fully saturated rings. The second-order valence-corrected chi connectivity index (χ2v) is 5.82. The van der Waals surface area contributed by atoms with Crippen molar-refractivity contribution in [3.8, 4) is 11.5 Å². The minimum absolute atomic E-state index is 0.0165. The summed E-state index contributed by atoms with van der Waals surface area (Å²) in [5, 5.41) is 2.58. The van der Waals surface area contributed by atoms with Gasteiger partial charge in [0.15, 0.2) is 16.6 Å². The summed E-state index contributed by atoms with van der Waals surface area (Å²) in [7, 11) is 3.07. The number of nitrogens with one attached hydrogen (secondary N) is 1. The average Bonchev–Trinajstić information content (AvgIpc) is 2.62. The van der Waals surface area contributed by atoms with Gasteiger partial charge in [0.25, 0.3) is 11.8 Å². The fourth-order valence-electron chi connectivity index (χ4n) is 2.61. The zero-order valence-electron chi connectivity index (χ0n) is 14.7. The van der Waals surface area contributed by atoms with Crippen molar-refractivity contribution in [1.29, 1.82) is 0 Å². The summed E-state index contributed by atoms with van der Waals surface area (Å²) in [6, 6.07) is 3.52. The number of allylic oxidation sites excluding steroid dienone is 1. The molecule has 1 aromatic carbocycles. The molecule has 1 aliphatic rings. The Kier molecular flexibility index (Phi) is 6.30. The molecular formula is C19H20N2O4S. The summed E-state index contributed by atoms with van der Waals surface area (Å²) in [6.45, 7) is 7.55. The maximum absolute atomic E-state index is 12.6. The predicted octanol–water partition coefficient (Wildman–Crippen LogP) is 2.25. The van der Waals surface area contributed by atoms with Crippen molar-refractivity contribution in [2.45, 2.75) is 6.42 Å². The molecule has 1 heterocycles. The number of carbonyl (C=O) groups is 2. The van der Waals surface area contributed by atoms with Gasteiger partial charge < -0.3 is 9.47 Å². The fraction of sp³-hybridized carbons (Fsp3) is 0.211. The maximum atomic E-state index is 12.6. The molecule has 2 amide bonds. The molecule has 0 atom stereocenters. The van der Waals surface area contributed by atoms with Crippen LogP contribution in [0.2, 0.25) is 0 Å². The van der Waals surface area contributed by atoms with Gasteiger partial charge >= 0.3 is 0 Å². The van der Waals surface area contributed by atoms with E-state index in [0.717, 1.165) is 5.56 Å². The Morgan fingerprint density at radius 2 is 1.92 bits per heavy atom. The van der Waals surface area contributed by atoms with E-state index in [4.69, 9.17) is 21.7 Å². The van der Waals surface area contributed by atoms with Gasteiger partial charge in [0.05, 0.1) is 14.2 Å². The number of hydrogen-bond donors (Lipinski definition) is 1. The standard InChI is InChI=1S/C19H20N2O4S/c1-5-7-13-9-12(11-15(24-3)16(13)25-4)10-14-17(22)20-19(26)21(8-6-2)18(14)23/h5-6,9-11H,1-2,7-8H2,3-4H3,(H,20,22,26)/b14-10+. The lowest BCUT2D eigenvalue weighted by Crippen LogP contribution is -2.53. The van der Waals surface area contributed by atoms with Crippen LogP contribution in [0, 0.1) is 0 Å². The molecule has 136 valence electrons. The molecule has 26 heavy (non-hydrogen) atoms. The highest BCUT2D eigenvalue weighted by atomic mass is 32.1. The van der Waals surface area contributed by atoms with E-state index in [1.807, 2.05) is 6.07 Å². The monoisotopic (exact) mass is 372 g/mol. The van der Waals surface area contributed by atoms with Crippen LogP contribution >= 0.6 is 12.2 Å². The van der Waals surface area contributed by atoms with E-state index in [-0.39, 0.29) is 17.2 Å². The Labute approximate surface area is 157 Å². The lowest BCUT2D eigenvalue weighted by atomic mass is 10.0. The normalized spacial score (nSPS) is 15.7. The van der Waals surface area contributed by atoms with Gasteiger partial charge in [-0.2, -0.15) is 0 Å². The van der Waals surface area contributed by atoms with Crippen LogP contribution in [0.3, 0.4) is 0 Å². The smallest absolute Gasteiger partial charge is 0.265 e. The van der Waals surface area contributed by atoms with Crippen LogP contribution in [-0.2, 0) is 16.0 Å². The van der Waals surface area contributed by atoms with Crippen molar-refractivity contribution in [2.75, 3.05) is 20.8 Å². The van der Waals surface area contributed by atoms with Crippen LogP contribution in [0.25, 0.3) is 6.08 Å². The summed E-state index contributed by atoms with van der Waals surface area (Å²) < 4.78 is 10.8. The minimum Gasteiger partial charge on any atom is -0.493 e. The largest absolute Gasteiger partial charge is 0.493 e. The van der Waals surface area contributed by atoms with E-state index in [1.165, 1.54) is 24.2 Å². The summed E-state index contributed by atoms with van der Waals surface area (Å²) in [4.78, 5) is 26.1. The second kappa shape index (κ2) is 8.44. The molecule has 1 saturated heterocycles. The lowest BCUT2D eigenvalue weighted by Gasteiger charge is -2.27. The van der Waals surface area contributed by atoms with Crippen molar-refractivity contribution in [1.82, 2.24) is 10.2 Å².